The maximum absolute atomic E-state index is 13.1. The highest BCUT2D eigenvalue weighted by Gasteiger charge is 2.38. The van der Waals surface area contributed by atoms with Crippen LogP contribution in [0.3, 0.4) is 0 Å². The Morgan fingerprint density at radius 2 is 1.44 bits per heavy atom. The number of rotatable bonds is 8. The highest BCUT2D eigenvalue weighted by atomic mass is 19.4. The van der Waals surface area contributed by atoms with Crippen molar-refractivity contribution in [1.82, 2.24) is 0 Å². The van der Waals surface area contributed by atoms with Crippen LogP contribution in [-0.2, 0) is 26.6 Å². The van der Waals surface area contributed by atoms with E-state index in [1.165, 1.54) is 0 Å². The van der Waals surface area contributed by atoms with Crippen LogP contribution in [0.15, 0.2) is 42.5 Å². The Kier molecular flexibility index (Phi) is 7.86. The van der Waals surface area contributed by atoms with Crippen molar-refractivity contribution in [2.45, 2.75) is 37.8 Å². The maximum Gasteiger partial charge on any atom is 0.416 e. The van der Waals surface area contributed by atoms with Gasteiger partial charge in [0.2, 0.25) is 0 Å². The minimum Gasteiger partial charge on any atom is -0.480 e. The Morgan fingerprint density at radius 1 is 0.938 bits per heavy atom. The van der Waals surface area contributed by atoms with Crippen LogP contribution in [0.25, 0.3) is 0 Å². The number of aliphatic carboxylic acids is 1. The Morgan fingerprint density at radius 3 is 1.88 bits per heavy atom. The fraction of sp³-hybridized carbons (Fsp3) is 0.350. The topological polar surface area (TPSA) is 76.0 Å². The van der Waals surface area contributed by atoms with Crippen LogP contribution in [0.5, 0.6) is 0 Å². The standard InChI is InChI=1S/C20H17F7O5/c1-10(12-6-13(19(22,23)24)8-14(7-12)20(25,26)27)32-18(31-9-16(28)29)17(30)11-2-4-15(21)5-3-11/h2-8,10,17-18,30H,9H2,1H3,(H,28,29)/t10-,17-,18-/m1/s1. The highest BCUT2D eigenvalue weighted by molar-refractivity contribution is 5.68. The van der Waals surface area contributed by atoms with Crippen LogP contribution < -0.4 is 0 Å². The summed E-state index contributed by atoms with van der Waals surface area (Å²) in [4.78, 5) is 10.8. The molecule has 0 spiro atoms. The van der Waals surface area contributed by atoms with Gasteiger partial charge < -0.3 is 19.7 Å². The second-order valence-corrected chi connectivity index (χ2v) is 6.69. The van der Waals surface area contributed by atoms with Crippen molar-refractivity contribution < 1.29 is 55.2 Å². The number of carbonyl (C=O) groups is 1. The second-order valence-electron chi connectivity index (χ2n) is 6.69. The molecule has 2 rings (SSSR count). The summed E-state index contributed by atoms with van der Waals surface area (Å²) in [5.41, 5.74) is -3.67. The lowest BCUT2D eigenvalue weighted by atomic mass is 10.0. The van der Waals surface area contributed by atoms with Crippen LogP contribution in [-0.4, -0.2) is 29.1 Å². The zero-order valence-electron chi connectivity index (χ0n) is 16.2. The monoisotopic (exact) mass is 470 g/mol. The van der Waals surface area contributed by atoms with E-state index in [4.69, 9.17) is 14.6 Å². The molecule has 0 aliphatic carbocycles. The molecule has 0 amide bonds. The summed E-state index contributed by atoms with van der Waals surface area (Å²) in [6.07, 6.45) is -15.2. The molecule has 0 aromatic heterocycles. The van der Waals surface area contributed by atoms with Gasteiger partial charge in [-0.25, -0.2) is 9.18 Å². The van der Waals surface area contributed by atoms with E-state index in [2.05, 4.69) is 0 Å². The lowest BCUT2D eigenvalue weighted by molar-refractivity contribution is -0.220. The first-order chi connectivity index (χ1) is 14.7. The van der Waals surface area contributed by atoms with Gasteiger partial charge in [0.05, 0.1) is 17.2 Å². The maximum atomic E-state index is 13.1. The lowest BCUT2D eigenvalue weighted by Crippen LogP contribution is -2.29. The zero-order valence-corrected chi connectivity index (χ0v) is 16.2. The largest absolute Gasteiger partial charge is 0.480 e. The van der Waals surface area contributed by atoms with Crippen molar-refractivity contribution in [3.63, 3.8) is 0 Å². The summed E-state index contributed by atoms with van der Waals surface area (Å²) >= 11 is 0. The number of carboxylic acids is 1. The van der Waals surface area contributed by atoms with Crippen molar-refractivity contribution in [3.8, 4) is 0 Å². The number of halogens is 7. The van der Waals surface area contributed by atoms with E-state index < -0.39 is 65.9 Å². The van der Waals surface area contributed by atoms with Gasteiger partial charge in [0.15, 0.2) is 6.29 Å². The first kappa shape index (κ1) is 25.6. The number of aliphatic hydroxyl groups excluding tert-OH is 1. The zero-order chi connectivity index (χ0) is 24.3. The van der Waals surface area contributed by atoms with Gasteiger partial charge in [0, 0.05) is 0 Å². The summed E-state index contributed by atoms with van der Waals surface area (Å²) in [7, 11) is 0. The Balaban J connectivity index is 2.38. The smallest absolute Gasteiger partial charge is 0.416 e. The van der Waals surface area contributed by atoms with Crippen molar-refractivity contribution in [3.05, 3.63) is 70.5 Å². The molecule has 176 valence electrons. The third-order valence-corrected chi connectivity index (χ3v) is 4.26. The van der Waals surface area contributed by atoms with Crippen LogP contribution in [0.4, 0.5) is 30.7 Å². The van der Waals surface area contributed by atoms with Gasteiger partial charge in [-0.2, -0.15) is 26.3 Å². The van der Waals surface area contributed by atoms with E-state index in [-0.39, 0.29) is 11.6 Å². The first-order valence-corrected chi connectivity index (χ1v) is 8.90. The number of carboxylic acid groups (broad SMARTS) is 1. The number of ether oxygens (including phenoxy) is 2. The van der Waals surface area contributed by atoms with Crippen LogP contribution >= 0.6 is 0 Å². The highest BCUT2D eigenvalue weighted by Crippen LogP contribution is 2.38. The number of aliphatic hydroxyl groups is 1. The molecule has 12 heteroatoms. The summed E-state index contributed by atoms with van der Waals surface area (Å²) in [6.45, 7) is 0.107. The van der Waals surface area contributed by atoms with Crippen molar-refractivity contribution in [2.75, 3.05) is 6.61 Å². The molecule has 5 nitrogen and oxygen atoms in total. The summed E-state index contributed by atoms with van der Waals surface area (Å²) in [6, 6.07) is 5.02. The van der Waals surface area contributed by atoms with E-state index in [0.29, 0.717) is 12.1 Å². The molecule has 3 atom stereocenters. The van der Waals surface area contributed by atoms with E-state index in [1.54, 1.807) is 0 Å². The minimum absolute atomic E-state index is 0.00834. The van der Waals surface area contributed by atoms with Crippen LogP contribution in [0.2, 0.25) is 0 Å². The van der Waals surface area contributed by atoms with E-state index >= 15 is 0 Å². The van der Waals surface area contributed by atoms with Gasteiger partial charge in [-0.3, -0.25) is 0 Å². The third-order valence-electron chi connectivity index (χ3n) is 4.26. The average molecular weight is 470 g/mol. The molecule has 32 heavy (non-hydrogen) atoms. The molecule has 0 saturated heterocycles. The number of hydrogen-bond acceptors (Lipinski definition) is 4. The molecule has 0 saturated carbocycles. The molecule has 0 bridgehead atoms. The molecule has 0 unspecified atom stereocenters. The molecule has 2 aromatic carbocycles. The summed E-state index contributed by atoms with van der Waals surface area (Å²) in [5, 5.41) is 19.2. The minimum atomic E-state index is -5.08. The van der Waals surface area contributed by atoms with Gasteiger partial charge in [-0.15, -0.1) is 0 Å². The average Bonchev–Trinajstić information content (AvgIpc) is 2.69. The predicted molar refractivity (Wildman–Crippen MR) is 94.7 cm³/mol. The molecule has 0 heterocycles. The van der Waals surface area contributed by atoms with Gasteiger partial charge in [0.25, 0.3) is 0 Å². The molecule has 0 radical (unpaired) electrons. The van der Waals surface area contributed by atoms with Gasteiger partial charge in [0.1, 0.15) is 18.5 Å². The Labute approximate surface area is 177 Å². The Bertz CT molecular complexity index is 893. The third kappa shape index (κ3) is 6.90. The number of hydrogen-bond donors (Lipinski definition) is 2. The molecule has 0 fully saturated rings. The fourth-order valence-electron chi connectivity index (χ4n) is 2.67. The Hall–Kier alpha value is -2.70. The summed E-state index contributed by atoms with van der Waals surface area (Å²) < 4.78 is 102. The molecular weight excluding hydrogens is 453 g/mol. The second kappa shape index (κ2) is 9.84. The van der Waals surface area contributed by atoms with Gasteiger partial charge in [-0.05, 0) is 48.4 Å². The van der Waals surface area contributed by atoms with Gasteiger partial charge in [-0.1, -0.05) is 12.1 Å². The van der Waals surface area contributed by atoms with E-state index in [1.807, 2.05) is 0 Å². The van der Waals surface area contributed by atoms with E-state index in [0.717, 1.165) is 31.2 Å². The van der Waals surface area contributed by atoms with Crippen molar-refractivity contribution in [2.24, 2.45) is 0 Å². The first-order valence-electron chi connectivity index (χ1n) is 8.90. The number of benzene rings is 2. The van der Waals surface area contributed by atoms with Crippen molar-refractivity contribution >= 4 is 5.97 Å². The predicted octanol–water partition coefficient (Wildman–Crippen LogP) is 5.10. The SMILES string of the molecule is C[C@@H](O[C@@H](OCC(=O)O)[C@H](O)c1ccc(F)cc1)c1cc(C(F)(F)F)cc(C(F)(F)F)c1. The quantitative estimate of drug-likeness (QED) is 0.415. The van der Waals surface area contributed by atoms with Gasteiger partial charge >= 0.3 is 18.3 Å². The molecule has 0 aliphatic heterocycles. The molecule has 2 N–H and O–H groups in total. The van der Waals surface area contributed by atoms with E-state index in [9.17, 15) is 40.6 Å². The van der Waals surface area contributed by atoms with Crippen molar-refractivity contribution in [1.29, 1.82) is 0 Å². The van der Waals surface area contributed by atoms with Crippen LogP contribution in [0, 0.1) is 5.82 Å². The molecule has 2 aromatic rings. The van der Waals surface area contributed by atoms with Crippen LogP contribution in [0.1, 0.15) is 41.4 Å². The fourth-order valence-corrected chi connectivity index (χ4v) is 2.67. The lowest BCUT2D eigenvalue weighted by Gasteiger charge is -2.27. The number of alkyl halides is 6. The summed E-state index contributed by atoms with van der Waals surface area (Å²) in [5.74, 6) is -2.13. The normalized spacial score (nSPS) is 15.3. The molecule has 0 aliphatic rings. The molecular formula is C20H17F7O5.